The van der Waals surface area contributed by atoms with Crippen LogP contribution in [0.2, 0.25) is 0 Å². The normalized spacial score (nSPS) is 11.0. The van der Waals surface area contributed by atoms with E-state index in [1.807, 2.05) is 13.0 Å². The highest BCUT2D eigenvalue weighted by molar-refractivity contribution is 6.05. The lowest BCUT2D eigenvalue weighted by atomic mass is 10.0. The van der Waals surface area contributed by atoms with Crippen LogP contribution in [0.25, 0.3) is 0 Å². The van der Waals surface area contributed by atoms with Crippen molar-refractivity contribution in [3.05, 3.63) is 65.2 Å². The summed E-state index contributed by atoms with van der Waals surface area (Å²) >= 11 is 0. The van der Waals surface area contributed by atoms with Gasteiger partial charge in [0, 0.05) is 16.8 Å². The number of carbonyl (C=O) groups is 2. The summed E-state index contributed by atoms with van der Waals surface area (Å²) in [6.45, 7) is 5.16. The maximum absolute atomic E-state index is 12.3. The van der Waals surface area contributed by atoms with E-state index < -0.39 is 5.54 Å². The second-order valence-corrected chi connectivity index (χ2v) is 6.35. The first kappa shape index (κ1) is 17.7. The summed E-state index contributed by atoms with van der Waals surface area (Å²) in [7, 11) is 0. The third-order valence-corrected chi connectivity index (χ3v) is 3.63. The molecule has 2 aromatic rings. The minimum absolute atomic E-state index is 0.164. The summed E-state index contributed by atoms with van der Waals surface area (Å²) in [4.78, 5) is 24.6. The van der Waals surface area contributed by atoms with Gasteiger partial charge in [0.2, 0.25) is 0 Å². The Morgan fingerprint density at radius 3 is 2.29 bits per heavy atom. The van der Waals surface area contributed by atoms with Crippen molar-refractivity contribution in [1.82, 2.24) is 5.32 Å². The van der Waals surface area contributed by atoms with Crippen molar-refractivity contribution >= 4 is 17.5 Å². The number of aliphatic hydroxyl groups excluding tert-OH is 1. The zero-order chi connectivity index (χ0) is 17.7. The molecule has 0 bridgehead atoms. The SMILES string of the molecule is Cc1ccc(C(=O)NC(C)(C)CO)cc1NC(=O)c1ccccc1. The van der Waals surface area contributed by atoms with Gasteiger partial charge in [-0.15, -0.1) is 0 Å². The first-order valence-corrected chi connectivity index (χ1v) is 7.73. The molecular weight excluding hydrogens is 304 g/mol. The summed E-state index contributed by atoms with van der Waals surface area (Å²) in [6, 6.07) is 14.0. The number of carbonyl (C=O) groups excluding carboxylic acids is 2. The first-order chi connectivity index (χ1) is 11.3. The van der Waals surface area contributed by atoms with Crippen LogP contribution in [-0.4, -0.2) is 29.1 Å². The molecule has 5 nitrogen and oxygen atoms in total. The van der Waals surface area contributed by atoms with Crippen LogP contribution in [0.1, 0.15) is 40.1 Å². The van der Waals surface area contributed by atoms with Gasteiger partial charge >= 0.3 is 0 Å². The van der Waals surface area contributed by atoms with Gasteiger partial charge in [-0.05, 0) is 50.6 Å². The van der Waals surface area contributed by atoms with Gasteiger partial charge in [0.15, 0.2) is 0 Å². The van der Waals surface area contributed by atoms with Crippen molar-refractivity contribution in [3.63, 3.8) is 0 Å². The Balaban J connectivity index is 2.20. The summed E-state index contributed by atoms with van der Waals surface area (Å²) in [5, 5.41) is 14.8. The summed E-state index contributed by atoms with van der Waals surface area (Å²) in [5.41, 5.74) is 1.70. The van der Waals surface area contributed by atoms with Crippen molar-refractivity contribution < 1.29 is 14.7 Å². The number of aliphatic hydroxyl groups is 1. The van der Waals surface area contributed by atoms with Crippen LogP contribution < -0.4 is 10.6 Å². The van der Waals surface area contributed by atoms with Crippen molar-refractivity contribution in [2.24, 2.45) is 0 Å². The van der Waals surface area contributed by atoms with Gasteiger partial charge in [-0.1, -0.05) is 24.3 Å². The molecule has 24 heavy (non-hydrogen) atoms. The molecule has 0 saturated carbocycles. The molecular formula is C19H22N2O3. The highest BCUT2D eigenvalue weighted by atomic mass is 16.3. The molecule has 2 amide bonds. The minimum Gasteiger partial charge on any atom is -0.394 e. The van der Waals surface area contributed by atoms with E-state index in [2.05, 4.69) is 10.6 Å². The molecule has 0 aromatic heterocycles. The molecule has 126 valence electrons. The van der Waals surface area contributed by atoms with E-state index in [9.17, 15) is 14.7 Å². The Morgan fingerprint density at radius 1 is 1.00 bits per heavy atom. The number of nitrogens with one attached hydrogen (secondary N) is 2. The van der Waals surface area contributed by atoms with Gasteiger partial charge in [-0.3, -0.25) is 9.59 Å². The third-order valence-electron chi connectivity index (χ3n) is 3.63. The number of anilines is 1. The molecule has 0 atom stereocenters. The van der Waals surface area contributed by atoms with E-state index in [0.29, 0.717) is 16.8 Å². The Hall–Kier alpha value is -2.66. The Morgan fingerprint density at radius 2 is 1.67 bits per heavy atom. The first-order valence-electron chi connectivity index (χ1n) is 7.73. The highest BCUT2D eigenvalue weighted by Gasteiger charge is 2.20. The van der Waals surface area contributed by atoms with Gasteiger partial charge in [0.05, 0.1) is 12.1 Å². The van der Waals surface area contributed by atoms with Crippen LogP contribution >= 0.6 is 0 Å². The smallest absolute Gasteiger partial charge is 0.255 e. The molecule has 0 saturated heterocycles. The third kappa shape index (κ3) is 4.43. The van der Waals surface area contributed by atoms with Crippen LogP contribution in [0.15, 0.2) is 48.5 Å². The topological polar surface area (TPSA) is 78.4 Å². The standard InChI is InChI=1S/C19H22N2O3/c1-13-9-10-15(18(24)21-19(2,3)12-22)11-16(13)20-17(23)14-7-5-4-6-8-14/h4-11,22H,12H2,1-3H3,(H,20,23)(H,21,24). The lowest BCUT2D eigenvalue weighted by molar-refractivity contribution is 0.0868. The van der Waals surface area contributed by atoms with E-state index in [1.54, 1.807) is 56.3 Å². The van der Waals surface area contributed by atoms with Crippen LogP contribution in [0, 0.1) is 6.92 Å². The molecule has 0 heterocycles. The molecule has 0 spiro atoms. The van der Waals surface area contributed by atoms with E-state index in [4.69, 9.17) is 0 Å². The number of amides is 2. The van der Waals surface area contributed by atoms with Crippen LogP contribution in [0.5, 0.6) is 0 Å². The maximum atomic E-state index is 12.3. The van der Waals surface area contributed by atoms with Crippen molar-refractivity contribution in [2.45, 2.75) is 26.3 Å². The second-order valence-electron chi connectivity index (χ2n) is 6.35. The van der Waals surface area contributed by atoms with Crippen LogP contribution in [-0.2, 0) is 0 Å². The van der Waals surface area contributed by atoms with Crippen molar-refractivity contribution in [2.75, 3.05) is 11.9 Å². The number of hydrogen-bond donors (Lipinski definition) is 3. The predicted octanol–water partition coefficient (Wildman–Crippen LogP) is 2.75. The van der Waals surface area contributed by atoms with Crippen molar-refractivity contribution in [3.8, 4) is 0 Å². The average molecular weight is 326 g/mol. The van der Waals surface area contributed by atoms with Gasteiger partial charge in [-0.25, -0.2) is 0 Å². The largest absolute Gasteiger partial charge is 0.394 e. The Labute approximate surface area is 141 Å². The van der Waals surface area contributed by atoms with Crippen LogP contribution in [0.3, 0.4) is 0 Å². The molecule has 3 N–H and O–H groups in total. The van der Waals surface area contributed by atoms with Crippen LogP contribution in [0.4, 0.5) is 5.69 Å². The number of aryl methyl sites for hydroxylation is 1. The number of benzene rings is 2. The predicted molar refractivity (Wildman–Crippen MR) is 94.2 cm³/mol. The molecule has 2 rings (SSSR count). The molecule has 0 aliphatic heterocycles. The molecule has 0 aliphatic carbocycles. The van der Waals surface area contributed by atoms with E-state index in [0.717, 1.165) is 5.56 Å². The van der Waals surface area contributed by atoms with E-state index in [1.165, 1.54) is 0 Å². The molecule has 2 aromatic carbocycles. The quantitative estimate of drug-likeness (QED) is 0.790. The number of rotatable bonds is 5. The maximum Gasteiger partial charge on any atom is 0.255 e. The molecule has 0 fully saturated rings. The summed E-state index contributed by atoms with van der Waals surface area (Å²) in [5.74, 6) is -0.531. The lowest BCUT2D eigenvalue weighted by Crippen LogP contribution is -2.46. The number of hydrogen-bond acceptors (Lipinski definition) is 3. The Kier molecular flexibility index (Phi) is 5.36. The molecule has 0 radical (unpaired) electrons. The zero-order valence-electron chi connectivity index (χ0n) is 14.1. The molecule has 5 heteroatoms. The second kappa shape index (κ2) is 7.27. The summed E-state index contributed by atoms with van der Waals surface area (Å²) < 4.78 is 0. The summed E-state index contributed by atoms with van der Waals surface area (Å²) in [6.07, 6.45) is 0. The molecule has 0 aliphatic rings. The van der Waals surface area contributed by atoms with Gasteiger partial charge < -0.3 is 15.7 Å². The van der Waals surface area contributed by atoms with Gasteiger partial charge in [0.1, 0.15) is 0 Å². The average Bonchev–Trinajstić information content (AvgIpc) is 2.57. The van der Waals surface area contributed by atoms with E-state index in [-0.39, 0.29) is 18.4 Å². The Bertz CT molecular complexity index is 740. The van der Waals surface area contributed by atoms with Gasteiger partial charge in [0.25, 0.3) is 11.8 Å². The fraction of sp³-hybridized carbons (Fsp3) is 0.263. The van der Waals surface area contributed by atoms with E-state index >= 15 is 0 Å². The fourth-order valence-electron chi connectivity index (χ4n) is 2.10. The highest BCUT2D eigenvalue weighted by Crippen LogP contribution is 2.18. The minimum atomic E-state index is -0.713. The fourth-order valence-corrected chi connectivity index (χ4v) is 2.10. The zero-order valence-corrected chi connectivity index (χ0v) is 14.1. The monoisotopic (exact) mass is 326 g/mol. The van der Waals surface area contributed by atoms with Gasteiger partial charge in [-0.2, -0.15) is 0 Å². The lowest BCUT2D eigenvalue weighted by Gasteiger charge is -2.23. The van der Waals surface area contributed by atoms with Crippen molar-refractivity contribution in [1.29, 1.82) is 0 Å². The molecule has 0 unspecified atom stereocenters.